The Bertz CT molecular complexity index is 210. The van der Waals surface area contributed by atoms with Gasteiger partial charge in [-0.1, -0.05) is 0 Å². The van der Waals surface area contributed by atoms with Gasteiger partial charge < -0.3 is 9.64 Å². The first-order chi connectivity index (χ1) is 5.68. The second-order valence-electron chi connectivity index (χ2n) is 3.14. The molecule has 0 aliphatic carbocycles. The number of nitrogens with zero attached hydrogens (tertiary/aromatic N) is 1. The van der Waals surface area contributed by atoms with E-state index in [1.807, 2.05) is 0 Å². The summed E-state index contributed by atoms with van der Waals surface area (Å²) in [6.07, 6.45) is -2.15. The fourth-order valence-electron chi connectivity index (χ4n) is 1.79. The van der Waals surface area contributed by atoms with Gasteiger partial charge in [-0.05, 0) is 6.42 Å². The van der Waals surface area contributed by atoms with Crippen LogP contribution in [0.4, 0.5) is 8.78 Å². The van der Waals surface area contributed by atoms with Gasteiger partial charge in [0.25, 0.3) is 5.91 Å². The number of carbonyl (C=O) groups excluding carboxylic acids is 1. The van der Waals surface area contributed by atoms with Gasteiger partial charge in [-0.15, -0.1) is 0 Å². The molecule has 2 rings (SSSR count). The maximum atomic E-state index is 12.0. The van der Waals surface area contributed by atoms with Crippen LogP contribution in [0.15, 0.2) is 0 Å². The third-order valence-electron chi connectivity index (χ3n) is 2.37. The highest BCUT2D eigenvalue weighted by molar-refractivity contribution is 5.80. The lowest BCUT2D eigenvalue weighted by Crippen LogP contribution is -2.44. The Hall–Kier alpha value is -0.710. The van der Waals surface area contributed by atoms with Gasteiger partial charge in [0.1, 0.15) is 0 Å². The van der Waals surface area contributed by atoms with E-state index in [9.17, 15) is 13.6 Å². The highest BCUT2D eigenvalue weighted by atomic mass is 19.3. The molecule has 2 aliphatic heterocycles. The molecule has 5 heteroatoms. The Morgan fingerprint density at radius 2 is 2.33 bits per heavy atom. The third-order valence-corrected chi connectivity index (χ3v) is 2.37. The van der Waals surface area contributed by atoms with E-state index in [0.29, 0.717) is 13.2 Å². The zero-order chi connectivity index (χ0) is 8.72. The van der Waals surface area contributed by atoms with Crippen LogP contribution in [-0.2, 0) is 9.53 Å². The number of hydrogen-bond donors (Lipinski definition) is 0. The van der Waals surface area contributed by atoms with E-state index in [-0.39, 0.29) is 12.1 Å². The van der Waals surface area contributed by atoms with E-state index in [4.69, 9.17) is 4.74 Å². The van der Waals surface area contributed by atoms with Crippen LogP contribution in [0.1, 0.15) is 6.42 Å². The van der Waals surface area contributed by atoms with Gasteiger partial charge in [0, 0.05) is 6.54 Å². The maximum Gasteiger partial charge on any atom is 0.315 e. The molecule has 2 saturated heterocycles. The molecule has 0 N–H and O–H groups in total. The molecule has 0 aromatic rings. The molecular weight excluding hydrogens is 168 g/mol. The second kappa shape index (κ2) is 2.65. The number of fused-ring (bicyclic) bond motifs is 2. The largest absolute Gasteiger partial charge is 0.374 e. The molecule has 3 nitrogen and oxygen atoms in total. The number of rotatable bonds is 1. The fraction of sp³-hybridized carbons (Fsp3) is 0.857. The van der Waals surface area contributed by atoms with Crippen LogP contribution in [0.5, 0.6) is 0 Å². The van der Waals surface area contributed by atoms with Crippen molar-refractivity contribution < 1.29 is 18.3 Å². The van der Waals surface area contributed by atoms with Gasteiger partial charge >= 0.3 is 6.43 Å². The molecule has 2 bridgehead atoms. The maximum absolute atomic E-state index is 12.0. The first kappa shape index (κ1) is 7.91. The number of hydrogen-bond acceptors (Lipinski definition) is 2. The topological polar surface area (TPSA) is 29.5 Å². The predicted molar refractivity (Wildman–Crippen MR) is 35.9 cm³/mol. The molecular formula is C7H9F2NO2. The number of carbonyl (C=O) groups is 1. The van der Waals surface area contributed by atoms with Gasteiger partial charge in [0.2, 0.25) is 0 Å². The monoisotopic (exact) mass is 177 g/mol. The van der Waals surface area contributed by atoms with Crippen molar-refractivity contribution in [3.8, 4) is 0 Å². The van der Waals surface area contributed by atoms with Gasteiger partial charge in [-0.3, -0.25) is 4.79 Å². The lowest BCUT2D eigenvalue weighted by atomic mass is 10.2. The smallest absolute Gasteiger partial charge is 0.315 e. The minimum Gasteiger partial charge on any atom is -0.374 e. The Balaban J connectivity index is 2.02. The lowest BCUT2D eigenvalue weighted by molar-refractivity contribution is -0.147. The number of likely N-dealkylation sites (tertiary alicyclic amines) is 1. The minimum absolute atomic E-state index is 0.00213. The molecule has 2 heterocycles. The molecule has 2 atom stereocenters. The Morgan fingerprint density at radius 3 is 2.75 bits per heavy atom. The summed E-state index contributed by atoms with van der Waals surface area (Å²) in [5, 5.41) is 0. The molecule has 0 aromatic carbocycles. The lowest BCUT2D eigenvalue weighted by Gasteiger charge is -2.26. The molecule has 2 fully saturated rings. The summed E-state index contributed by atoms with van der Waals surface area (Å²) in [5.41, 5.74) is 0. The Morgan fingerprint density at radius 1 is 1.58 bits per heavy atom. The predicted octanol–water partition coefficient (Wildman–Crippen LogP) is 0.251. The summed E-state index contributed by atoms with van der Waals surface area (Å²) >= 11 is 0. The van der Waals surface area contributed by atoms with Crippen LogP contribution in [0, 0.1) is 0 Å². The van der Waals surface area contributed by atoms with Crippen LogP contribution in [0.2, 0.25) is 0 Å². The van der Waals surface area contributed by atoms with Gasteiger partial charge in [0.15, 0.2) is 0 Å². The Kier molecular flexibility index (Phi) is 1.75. The summed E-state index contributed by atoms with van der Waals surface area (Å²) in [5.74, 6) is -1.05. The molecule has 68 valence electrons. The van der Waals surface area contributed by atoms with E-state index >= 15 is 0 Å². The summed E-state index contributed by atoms with van der Waals surface area (Å²) in [6, 6.07) is -0.100. The molecule has 2 aliphatic rings. The molecule has 0 spiro atoms. The van der Waals surface area contributed by atoms with Crippen molar-refractivity contribution in [2.24, 2.45) is 0 Å². The van der Waals surface area contributed by atoms with Crippen LogP contribution in [0.3, 0.4) is 0 Å². The SMILES string of the molecule is O=C(C(F)F)N1CC2CC1CO2. The number of morpholine rings is 1. The van der Waals surface area contributed by atoms with Gasteiger partial charge in [-0.2, -0.15) is 8.78 Å². The third kappa shape index (κ3) is 1.08. The van der Waals surface area contributed by atoms with Crippen molar-refractivity contribution in [2.75, 3.05) is 13.2 Å². The van der Waals surface area contributed by atoms with Crippen molar-refractivity contribution in [1.29, 1.82) is 0 Å². The molecule has 12 heavy (non-hydrogen) atoms. The second-order valence-corrected chi connectivity index (χ2v) is 3.14. The highest BCUT2D eigenvalue weighted by Crippen LogP contribution is 2.28. The first-order valence-electron chi connectivity index (χ1n) is 3.88. The van der Waals surface area contributed by atoms with E-state index in [0.717, 1.165) is 6.42 Å². The highest BCUT2D eigenvalue weighted by Gasteiger charge is 2.43. The minimum atomic E-state index is -2.87. The van der Waals surface area contributed by atoms with E-state index in [1.54, 1.807) is 0 Å². The number of alkyl halides is 2. The zero-order valence-corrected chi connectivity index (χ0v) is 6.37. The van der Waals surface area contributed by atoms with Crippen molar-refractivity contribution in [2.45, 2.75) is 25.0 Å². The van der Waals surface area contributed by atoms with Crippen LogP contribution in [-0.4, -0.2) is 42.5 Å². The summed E-state index contributed by atoms with van der Waals surface area (Å²) in [4.78, 5) is 12.1. The van der Waals surface area contributed by atoms with Crippen LogP contribution >= 0.6 is 0 Å². The fourth-order valence-corrected chi connectivity index (χ4v) is 1.79. The molecule has 0 saturated carbocycles. The van der Waals surface area contributed by atoms with Crippen molar-refractivity contribution in [1.82, 2.24) is 4.90 Å². The average molecular weight is 177 g/mol. The number of amides is 1. The van der Waals surface area contributed by atoms with Crippen molar-refractivity contribution >= 4 is 5.91 Å². The molecule has 1 amide bonds. The zero-order valence-electron chi connectivity index (χ0n) is 6.37. The van der Waals surface area contributed by atoms with Gasteiger partial charge in [0.05, 0.1) is 18.8 Å². The summed E-state index contributed by atoms with van der Waals surface area (Å²) in [7, 11) is 0. The number of ether oxygens (including phenoxy) is 1. The van der Waals surface area contributed by atoms with Gasteiger partial charge in [-0.25, -0.2) is 0 Å². The molecule has 0 aromatic heterocycles. The summed E-state index contributed by atoms with van der Waals surface area (Å²) < 4.78 is 29.1. The summed E-state index contributed by atoms with van der Waals surface area (Å²) in [6.45, 7) is 0.761. The van der Waals surface area contributed by atoms with E-state index in [2.05, 4.69) is 0 Å². The number of halogens is 2. The Labute approximate surface area is 68.3 Å². The van der Waals surface area contributed by atoms with E-state index in [1.165, 1.54) is 4.90 Å². The van der Waals surface area contributed by atoms with Crippen molar-refractivity contribution in [3.05, 3.63) is 0 Å². The molecule has 2 unspecified atom stereocenters. The normalized spacial score (nSPS) is 33.4. The average Bonchev–Trinajstić information content (AvgIpc) is 2.62. The van der Waals surface area contributed by atoms with Crippen LogP contribution < -0.4 is 0 Å². The standard InChI is InChI=1S/C7H9F2NO2/c8-6(9)7(11)10-2-5-1-4(10)3-12-5/h4-6H,1-3H2. The van der Waals surface area contributed by atoms with Crippen LogP contribution in [0.25, 0.3) is 0 Å². The first-order valence-corrected chi connectivity index (χ1v) is 3.88. The molecule has 0 radical (unpaired) electrons. The van der Waals surface area contributed by atoms with E-state index < -0.39 is 12.3 Å². The quantitative estimate of drug-likeness (QED) is 0.574. The van der Waals surface area contributed by atoms with Crippen molar-refractivity contribution in [3.63, 3.8) is 0 Å².